The molecule has 3 unspecified atom stereocenters. The number of carbonyl (C=O) groups is 1. The second-order valence-electron chi connectivity index (χ2n) is 8.89. The number of hydrogen-bond donors (Lipinski definition) is 1. The minimum absolute atomic E-state index is 0.0265. The maximum absolute atomic E-state index is 13.3. The predicted octanol–water partition coefficient (Wildman–Crippen LogP) is 4.11. The third-order valence-corrected chi connectivity index (χ3v) is 5.43. The normalized spacial score (nSPS) is 27.1. The van der Waals surface area contributed by atoms with Crippen LogP contribution in [-0.2, 0) is 19.9 Å². The third-order valence-electron chi connectivity index (χ3n) is 4.30. The van der Waals surface area contributed by atoms with Crippen molar-refractivity contribution in [3.8, 4) is 0 Å². The first-order valence-corrected chi connectivity index (χ1v) is 9.42. The monoisotopic (exact) mass is 366 g/mol. The molecule has 3 atom stereocenters. The molecule has 1 aromatic carbocycles. The van der Waals surface area contributed by atoms with Gasteiger partial charge in [-0.05, 0) is 12.5 Å². The van der Waals surface area contributed by atoms with Gasteiger partial charge >= 0.3 is 0 Å². The zero-order chi connectivity index (χ0) is 19.1. The molecule has 1 N–H and O–H groups in total. The lowest BCUT2D eigenvalue weighted by Gasteiger charge is -2.41. The standard InChI is InChI=1S/C20H30O4S/c1-17(2,3)16-23-13-20(24-16,15(21)25-18(4,5)6)19(7,22)14-11-9-8-10-12-14/h8-12,16,22H,13H2,1-7H3. The molecule has 0 aliphatic carbocycles. The quantitative estimate of drug-likeness (QED) is 0.872. The highest BCUT2D eigenvalue weighted by atomic mass is 32.2. The third kappa shape index (κ3) is 4.11. The van der Waals surface area contributed by atoms with Crippen molar-refractivity contribution in [2.45, 2.75) is 70.7 Å². The van der Waals surface area contributed by atoms with Gasteiger partial charge in [-0.15, -0.1) is 0 Å². The van der Waals surface area contributed by atoms with Gasteiger partial charge in [0, 0.05) is 10.2 Å². The lowest BCUT2D eigenvalue weighted by molar-refractivity contribution is -0.197. The molecule has 1 fully saturated rings. The molecular formula is C20H30O4S. The zero-order valence-electron chi connectivity index (χ0n) is 16.3. The number of benzene rings is 1. The molecule has 5 heteroatoms. The van der Waals surface area contributed by atoms with Crippen LogP contribution in [-0.4, -0.2) is 33.5 Å². The Morgan fingerprint density at radius 1 is 1.12 bits per heavy atom. The van der Waals surface area contributed by atoms with Crippen molar-refractivity contribution in [3.05, 3.63) is 35.9 Å². The van der Waals surface area contributed by atoms with E-state index in [-0.39, 0.29) is 21.9 Å². The van der Waals surface area contributed by atoms with Crippen LogP contribution in [0.1, 0.15) is 54.0 Å². The van der Waals surface area contributed by atoms with Gasteiger partial charge in [0.1, 0.15) is 5.60 Å². The van der Waals surface area contributed by atoms with Crippen LogP contribution in [0.15, 0.2) is 30.3 Å². The summed E-state index contributed by atoms with van der Waals surface area (Å²) >= 11 is 1.18. The highest BCUT2D eigenvalue weighted by Crippen LogP contribution is 2.48. The Bertz CT molecular complexity index is 613. The van der Waals surface area contributed by atoms with E-state index in [0.717, 1.165) is 0 Å². The molecule has 140 valence electrons. The number of aliphatic hydroxyl groups is 1. The lowest BCUT2D eigenvalue weighted by Crippen LogP contribution is -2.58. The first-order valence-electron chi connectivity index (χ1n) is 8.60. The summed E-state index contributed by atoms with van der Waals surface area (Å²) in [5.41, 5.74) is -2.63. The molecule has 0 saturated carbocycles. The minimum Gasteiger partial charge on any atom is -0.382 e. The number of hydrogen-bond acceptors (Lipinski definition) is 5. The second kappa shape index (κ2) is 6.69. The summed E-state index contributed by atoms with van der Waals surface area (Å²) in [6.45, 7) is 13.5. The average molecular weight is 367 g/mol. The van der Waals surface area contributed by atoms with Crippen molar-refractivity contribution in [1.29, 1.82) is 0 Å². The highest BCUT2D eigenvalue weighted by Gasteiger charge is 2.62. The lowest BCUT2D eigenvalue weighted by atomic mass is 9.80. The van der Waals surface area contributed by atoms with Crippen molar-refractivity contribution in [1.82, 2.24) is 0 Å². The summed E-state index contributed by atoms with van der Waals surface area (Å²) < 4.78 is 11.8. The molecule has 0 amide bonds. The Morgan fingerprint density at radius 2 is 1.68 bits per heavy atom. The summed E-state index contributed by atoms with van der Waals surface area (Å²) in [6, 6.07) is 9.18. The van der Waals surface area contributed by atoms with Gasteiger partial charge in [-0.1, -0.05) is 83.6 Å². The number of carbonyl (C=O) groups excluding carboxylic acids is 1. The van der Waals surface area contributed by atoms with Gasteiger partial charge in [-0.25, -0.2) is 0 Å². The van der Waals surface area contributed by atoms with E-state index in [9.17, 15) is 9.90 Å². The Kier molecular flexibility index (Phi) is 5.47. The molecule has 2 rings (SSSR count). The number of rotatable bonds is 3. The average Bonchev–Trinajstić information content (AvgIpc) is 2.93. The first-order chi connectivity index (χ1) is 11.3. The molecule has 1 aliphatic rings. The van der Waals surface area contributed by atoms with Gasteiger partial charge in [0.05, 0.1) is 6.61 Å². The molecule has 1 aliphatic heterocycles. The molecule has 1 heterocycles. The van der Waals surface area contributed by atoms with Crippen molar-refractivity contribution < 1.29 is 19.4 Å². The van der Waals surface area contributed by atoms with E-state index in [0.29, 0.717) is 5.56 Å². The molecule has 4 nitrogen and oxygen atoms in total. The highest BCUT2D eigenvalue weighted by molar-refractivity contribution is 8.14. The van der Waals surface area contributed by atoms with Crippen molar-refractivity contribution in [3.63, 3.8) is 0 Å². The van der Waals surface area contributed by atoms with E-state index in [2.05, 4.69) is 0 Å². The molecule has 0 spiro atoms. The largest absolute Gasteiger partial charge is 0.382 e. The molecule has 0 bridgehead atoms. The maximum Gasteiger partial charge on any atom is 0.227 e. The van der Waals surface area contributed by atoms with Crippen LogP contribution in [0, 0.1) is 5.41 Å². The fourth-order valence-electron chi connectivity index (χ4n) is 2.79. The summed E-state index contributed by atoms with van der Waals surface area (Å²) in [4.78, 5) is 13.3. The Labute approximate surface area is 155 Å². The van der Waals surface area contributed by atoms with Crippen LogP contribution in [0.2, 0.25) is 0 Å². The summed E-state index contributed by atoms with van der Waals surface area (Å²) in [5, 5.41) is 11.2. The zero-order valence-corrected chi connectivity index (χ0v) is 17.1. The SMILES string of the molecule is CC(C)(C)SC(=O)C1(C(C)(O)c2ccccc2)COC(C(C)(C)C)O1. The molecule has 0 aromatic heterocycles. The van der Waals surface area contributed by atoms with Crippen LogP contribution in [0.4, 0.5) is 0 Å². The van der Waals surface area contributed by atoms with E-state index in [1.54, 1.807) is 6.92 Å². The van der Waals surface area contributed by atoms with Gasteiger partial charge < -0.3 is 14.6 Å². The Hall–Kier alpha value is -0.880. The van der Waals surface area contributed by atoms with E-state index in [4.69, 9.17) is 9.47 Å². The summed E-state index contributed by atoms with van der Waals surface area (Å²) in [5.74, 6) is 0. The summed E-state index contributed by atoms with van der Waals surface area (Å²) in [6.07, 6.45) is -0.563. The fourth-order valence-corrected chi connectivity index (χ4v) is 3.81. The molecule has 25 heavy (non-hydrogen) atoms. The maximum atomic E-state index is 13.3. The van der Waals surface area contributed by atoms with Crippen molar-refractivity contribution in [2.24, 2.45) is 5.41 Å². The molecular weight excluding hydrogens is 336 g/mol. The van der Waals surface area contributed by atoms with Crippen molar-refractivity contribution in [2.75, 3.05) is 6.61 Å². The van der Waals surface area contributed by atoms with Gasteiger partial charge in [-0.2, -0.15) is 0 Å². The Balaban J connectivity index is 2.49. The van der Waals surface area contributed by atoms with E-state index in [1.165, 1.54) is 11.8 Å². The van der Waals surface area contributed by atoms with Crippen LogP contribution >= 0.6 is 11.8 Å². The van der Waals surface area contributed by atoms with Crippen LogP contribution in [0.3, 0.4) is 0 Å². The van der Waals surface area contributed by atoms with Crippen LogP contribution in [0.5, 0.6) is 0 Å². The fraction of sp³-hybridized carbons (Fsp3) is 0.650. The van der Waals surface area contributed by atoms with Gasteiger partial charge in [0.15, 0.2) is 11.9 Å². The van der Waals surface area contributed by atoms with Gasteiger partial charge in [0.25, 0.3) is 0 Å². The molecule has 1 aromatic rings. The topological polar surface area (TPSA) is 55.8 Å². The summed E-state index contributed by atoms with van der Waals surface area (Å²) in [7, 11) is 0. The van der Waals surface area contributed by atoms with Crippen LogP contribution < -0.4 is 0 Å². The van der Waals surface area contributed by atoms with Crippen molar-refractivity contribution >= 4 is 16.9 Å². The first kappa shape index (κ1) is 20.4. The van der Waals surface area contributed by atoms with Gasteiger partial charge in [-0.3, -0.25) is 4.79 Å². The minimum atomic E-state index is -1.51. The Morgan fingerprint density at radius 3 is 2.12 bits per heavy atom. The molecule has 0 radical (unpaired) electrons. The second-order valence-corrected chi connectivity index (χ2v) is 10.7. The number of ether oxygens (including phenoxy) is 2. The predicted molar refractivity (Wildman–Crippen MR) is 101 cm³/mol. The van der Waals surface area contributed by atoms with Crippen LogP contribution in [0.25, 0.3) is 0 Å². The number of thioether (sulfide) groups is 1. The molecule has 1 saturated heterocycles. The van der Waals surface area contributed by atoms with E-state index < -0.39 is 17.5 Å². The van der Waals surface area contributed by atoms with E-state index >= 15 is 0 Å². The smallest absolute Gasteiger partial charge is 0.227 e. The van der Waals surface area contributed by atoms with Gasteiger partial charge in [0.2, 0.25) is 5.12 Å². The van der Waals surface area contributed by atoms with E-state index in [1.807, 2.05) is 71.9 Å².